The van der Waals surface area contributed by atoms with E-state index >= 15 is 0 Å². The van der Waals surface area contributed by atoms with Gasteiger partial charge in [0, 0.05) is 0 Å². The Morgan fingerprint density at radius 1 is 1.55 bits per heavy atom. The van der Waals surface area contributed by atoms with Crippen molar-refractivity contribution < 1.29 is 0 Å². The SMILES string of the molecule is [C-]#[N+]c1cc(C(C)C)cn1C. The summed E-state index contributed by atoms with van der Waals surface area (Å²) in [6.07, 6.45) is 2.01. The van der Waals surface area contributed by atoms with Crippen LogP contribution < -0.4 is 0 Å². The predicted molar refractivity (Wildman–Crippen MR) is 45.8 cm³/mol. The Bertz CT molecular complexity index is 289. The van der Waals surface area contributed by atoms with Gasteiger partial charge >= 0.3 is 0 Å². The van der Waals surface area contributed by atoms with Crippen molar-refractivity contribution in [3.05, 3.63) is 29.2 Å². The van der Waals surface area contributed by atoms with Crippen molar-refractivity contribution in [2.24, 2.45) is 7.05 Å². The van der Waals surface area contributed by atoms with Gasteiger partial charge in [-0.2, -0.15) is 0 Å². The van der Waals surface area contributed by atoms with Crippen molar-refractivity contribution >= 4 is 5.82 Å². The lowest BCUT2D eigenvalue weighted by molar-refractivity contribution is 0.851. The highest BCUT2D eigenvalue weighted by Crippen LogP contribution is 2.21. The quantitative estimate of drug-likeness (QED) is 0.542. The average molecular weight is 148 g/mol. The first-order valence-electron chi connectivity index (χ1n) is 3.69. The van der Waals surface area contributed by atoms with Crippen molar-refractivity contribution in [2.75, 3.05) is 0 Å². The zero-order valence-electron chi connectivity index (χ0n) is 7.13. The summed E-state index contributed by atoms with van der Waals surface area (Å²) in [6.45, 7) is 11.1. The molecule has 58 valence electrons. The molecule has 0 fully saturated rings. The van der Waals surface area contributed by atoms with E-state index in [1.54, 1.807) is 0 Å². The topological polar surface area (TPSA) is 9.29 Å². The summed E-state index contributed by atoms with van der Waals surface area (Å²) in [6, 6.07) is 1.94. The Labute approximate surface area is 67.3 Å². The van der Waals surface area contributed by atoms with Crippen molar-refractivity contribution in [3.8, 4) is 0 Å². The van der Waals surface area contributed by atoms with E-state index in [9.17, 15) is 0 Å². The van der Waals surface area contributed by atoms with Gasteiger partial charge in [0.25, 0.3) is 0 Å². The average Bonchev–Trinajstić information content (AvgIpc) is 2.31. The molecule has 0 spiro atoms. The molecule has 0 aliphatic carbocycles. The molecular formula is C9H12N2. The van der Waals surface area contributed by atoms with Gasteiger partial charge in [0.05, 0.1) is 13.2 Å². The number of aryl methyl sites for hydroxylation is 1. The van der Waals surface area contributed by atoms with E-state index in [2.05, 4.69) is 18.7 Å². The maximum absolute atomic E-state index is 6.84. The lowest BCUT2D eigenvalue weighted by atomic mass is 10.1. The second-order valence-electron chi connectivity index (χ2n) is 3.01. The standard InChI is InChI=1S/C9H12N2/c1-7(2)8-5-9(10-3)11(4)6-8/h5-7H,1-2,4H3. The number of rotatable bonds is 1. The van der Waals surface area contributed by atoms with E-state index in [1.807, 2.05) is 23.9 Å². The van der Waals surface area contributed by atoms with Crippen LogP contribution in [0.4, 0.5) is 5.82 Å². The predicted octanol–water partition coefficient (Wildman–Crippen LogP) is 2.70. The Morgan fingerprint density at radius 3 is 2.45 bits per heavy atom. The molecule has 0 bridgehead atoms. The van der Waals surface area contributed by atoms with Crippen LogP contribution in [0, 0.1) is 6.57 Å². The summed E-state index contributed by atoms with van der Waals surface area (Å²) in [5.41, 5.74) is 1.23. The minimum Gasteiger partial charge on any atom is -0.364 e. The van der Waals surface area contributed by atoms with E-state index in [0.717, 1.165) is 0 Å². The third-order valence-corrected chi connectivity index (χ3v) is 1.78. The smallest absolute Gasteiger partial charge is 0.230 e. The minimum atomic E-state index is 0.511. The maximum atomic E-state index is 6.84. The maximum Gasteiger partial charge on any atom is 0.230 e. The highest BCUT2D eigenvalue weighted by Gasteiger charge is 2.05. The van der Waals surface area contributed by atoms with Crippen LogP contribution in [0.3, 0.4) is 0 Å². The van der Waals surface area contributed by atoms with Gasteiger partial charge < -0.3 is 9.41 Å². The van der Waals surface area contributed by atoms with E-state index in [4.69, 9.17) is 6.57 Å². The Morgan fingerprint density at radius 2 is 2.18 bits per heavy atom. The third-order valence-electron chi connectivity index (χ3n) is 1.78. The molecule has 2 nitrogen and oxygen atoms in total. The van der Waals surface area contributed by atoms with Crippen molar-refractivity contribution in [2.45, 2.75) is 19.8 Å². The van der Waals surface area contributed by atoms with Crippen molar-refractivity contribution in [1.29, 1.82) is 0 Å². The molecule has 0 atom stereocenters. The molecule has 0 aliphatic rings. The summed E-state index contributed by atoms with van der Waals surface area (Å²) in [4.78, 5) is 3.39. The van der Waals surface area contributed by atoms with Gasteiger partial charge in [0.15, 0.2) is 0 Å². The molecule has 0 aliphatic heterocycles. The molecule has 1 aromatic heterocycles. The third kappa shape index (κ3) is 1.43. The molecule has 0 amide bonds. The first-order valence-corrected chi connectivity index (χ1v) is 3.69. The Hall–Kier alpha value is -1.23. The highest BCUT2D eigenvalue weighted by molar-refractivity contribution is 5.42. The summed E-state index contributed by atoms with van der Waals surface area (Å²) in [5.74, 6) is 1.23. The molecule has 2 heteroatoms. The molecule has 0 N–H and O–H groups in total. The van der Waals surface area contributed by atoms with Gasteiger partial charge in [-0.3, -0.25) is 0 Å². The van der Waals surface area contributed by atoms with Crippen LogP contribution in [0.5, 0.6) is 0 Å². The second-order valence-corrected chi connectivity index (χ2v) is 3.01. The number of aromatic nitrogens is 1. The van der Waals surface area contributed by atoms with Gasteiger partial charge in [0.2, 0.25) is 5.82 Å². The molecule has 1 rings (SSSR count). The first-order chi connectivity index (χ1) is 5.15. The van der Waals surface area contributed by atoms with Crippen LogP contribution in [0.2, 0.25) is 0 Å². The normalized spacial score (nSPS) is 10.1. The molecule has 0 saturated heterocycles. The van der Waals surface area contributed by atoms with Crippen LogP contribution >= 0.6 is 0 Å². The lowest BCUT2D eigenvalue weighted by Gasteiger charge is -1.95. The van der Waals surface area contributed by atoms with Crippen LogP contribution in [0.1, 0.15) is 25.3 Å². The Kier molecular flexibility index (Phi) is 2.00. The summed E-state index contributed by atoms with van der Waals surface area (Å²) >= 11 is 0. The zero-order valence-corrected chi connectivity index (χ0v) is 7.13. The monoisotopic (exact) mass is 148 g/mol. The van der Waals surface area contributed by atoms with Crippen molar-refractivity contribution in [3.63, 3.8) is 0 Å². The fraction of sp³-hybridized carbons (Fsp3) is 0.444. The summed E-state index contributed by atoms with van der Waals surface area (Å²) in [7, 11) is 1.90. The Balaban J connectivity index is 3.07. The molecule has 1 heterocycles. The van der Waals surface area contributed by atoms with Gasteiger partial charge in [-0.25, -0.2) is 0 Å². The number of hydrogen-bond acceptors (Lipinski definition) is 0. The minimum absolute atomic E-state index is 0.511. The van der Waals surface area contributed by atoms with Crippen LogP contribution in [-0.4, -0.2) is 4.57 Å². The van der Waals surface area contributed by atoms with Gasteiger partial charge in [-0.05, 0) is 17.5 Å². The lowest BCUT2D eigenvalue weighted by Crippen LogP contribution is -1.83. The first kappa shape index (κ1) is 7.87. The van der Waals surface area contributed by atoms with E-state index in [-0.39, 0.29) is 0 Å². The van der Waals surface area contributed by atoms with Crippen LogP contribution in [0.15, 0.2) is 12.3 Å². The second kappa shape index (κ2) is 2.79. The summed E-state index contributed by atoms with van der Waals surface area (Å²) < 4.78 is 1.86. The number of nitrogens with zero attached hydrogens (tertiary/aromatic N) is 2. The largest absolute Gasteiger partial charge is 0.364 e. The number of hydrogen-bond donors (Lipinski definition) is 0. The van der Waals surface area contributed by atoms with Gasteiger partial charge in [-0.1, -0.05) is 20.4 Å². The van der Waals surface area contributed by atoms with Crippen LogP contribution in [-0.2, 0) is 7.05 Å². The van der Waals surface area contributed by atoms with E-state index in [0.29, 0.717) is 11.7 Å². The fourth-order valence-electron chi connectivity index (χ4n) is 1.00. The molecule has 11 heavy (non-hydrogen) atoms. The molecule has 0 unspecified atom stereocenters. The van der Waals surface area contributed by atoms with Crippen LogP contribution in [0.25, 0.3) is 4.85 Å². The van der Waals surface area contributed by atoms with Gasteiger partial charge in [0.1, 0.15) is 0 Å². The molecule has 0 aromatic carbocycles. The molecule has 1 aromatic rings. The summed E-state index contributed by atoms with van der Waals surface area (Å²) in [5, 5.41) is 0. The van der Waals surface area contributed by atoms with Gasteiger partial charge in [-0.15, -0.1) is 0 Å². The highest BCUT2D eigenvalue weighted by atomic mass is 15.0. The zero-order chi connectivity index (χ0) is 8.43. The molecular weight excluding hydrogens is 136 g/mol. The van der Waals surface area contributed by atoms with E-state index < -0.39 is 0 Å². The van der Waals surface area contributed by atoms with Crippen molar-refractivity contribution in [1.82, 2.24) is 4.57 Å². The molecule has 0 saturated carbocycles. The molecule has 0 radical (unpaired) electrons. The van der Waals surface area contributed by atoms with E-state index in [1.165, 1.54) is 5.56 Å². The fourth-order valence-corrected chi connectivity index (χ4v) is 1.00.